The molecule has 0 amide bonds. The van der Waals surface area contributed by atoms with Crippen LogP contribution in [0.3, 0.4) is 0 Å². The maximum Gasteiger partial charge on any atom is 0.244 e. The van der Waals surface area contributed by atoms with Crippen molar-refractivity contribution in [3.8, 4) is 0 Å². The Morgan fingerprint density at radius 3 is 2.57 bits per heavy atom. The lowest BCUT2D eigenvalue weighted by Crippen LogP contribution is -2.55. The van der Waals surface area contributed by atoms with Gasteiger partial charge in [0.05, 0.1) is 11.9 Å². The van der Waals surface area contributed by atoms with Gasteiger partial charge in [-0.15, -0.1) is 0 Å². The molecular weight excluding hydrogens is 402 g/mol. The fourth-order valence-corrected chi connectivity index (χ4v) is 7.39. The molecule has 7 nitrogen and oxygen atoms in total. The SMILES string of the molecule is C=C1C[C@@]2(C)[C@@H](CC[C@]2(C)O)[C@@H]2CCC3=CC(=N\NS(C)(=O)=O)/C(=N\O)C[C@]3(C)[C@@H]12. The van der Waals surface area contributed by atoms with E-state index in [2.05, 4.69) is 35.5 Å². The molecule has 3 fully saturated rings. The fraction of sp³-hybridized carbons (Fsp3) is 0.727. The number of rotatable bonds is 2. The van der Waals surface area contributed by atoms with E-state index in [9.17, 15) is 18.7 Å². The predicted octanol–water partition coefficient (Wildman–Crippen LogP) is 3.21. The average molecular weight is 436 g/mol. The summed E-state index contributed by atoms with van der Waals surface area (Å²) in [6.07, 6.45) is 7.96. The summed E-state index contributed by atoms with van der Waals surface area (Å²) in [6, 6.07) is 0. The van der Waals surface area contributed by atoms with Crippen LogP contribution >= 0.6 is 0 Å². The van der Waals surface area contributed by atoms with Crippen molar-refractivity contribution in [1.82, 2.24) is 4.83 Å². The summed E-state index contributed by atoms with van der Waals surface area (Å²) in [5.41, 5.74) is 2.05. The standard InChI is InChI=1S/C22H33N3O4S/c1-13-11-21(3)16(8-9-22(21,4)26)15-7-6-14-10-17(23-25-30(5,28)29)18(24-27)12-20(14,2)19(13)15/h10,15-16,19,25-27H,1,6-9,11-12H2,2-5H3/b23-17+,24-18-/t15-,16-,19-,20-,21-,22-/m0/s1. The summed E-state index contributed by atoms with van der Waals surface area (Å²) in [7, 11) is -3.50. The summed E-state index contributed by atoms with van der Waals surface area (Å²) >= 11 is 0. The number of allylic oxidation sites excluding steroid dienone is 3. The molecule has 30 heavy (non-hydrogen) atoms. The molecule has 0 heterocycles. The lowest BCUT2D eigenvalue weighted by Gasteiger charge is -2.59. The molecule has 8 heteroatoms. The summed E-state index contributed by atoms with van der Waals surface area (Å²) < 4.78 is 22.9. The van der Waals surface area contributed by atoms with Crippen LogP contribution in [0.15, 0.2) is 34.1 Å². The zero-order valence-electron chi connectivity index (χ0n) is 18.3. The van der Waals surface area contributed by atoms with E-state index in [4.69, 9.17) is 0 Å². The van der Waals surface area contributed by atoms with E-state index in [0.717, 1.165) is 38.4 Å². The second-order valence-corrected chi connectivity index (χ2v) is 12.2. The van der Waals surface area contributed by atoms with E-state index in [0.29, 0.717) is 29.7 Å². The van der Waals surface area contributed by atoms with E-state index in [-0.39, 0.29) is 16.7 Å². The summed E-state index contributed by atoms with van der Waals surface area (Å²) in [5, 5.41) is 28.2. The molecule has 3 N–H and O–H groups in total. The predicted molar refractivity (Wildman–Crippen MR) is 117 cm³/mol. The number of hydrogen-bond acceptors (Lipinski definition) is 6. The Balaban J connectivity index is 1.74. The third kappa shape index (κ3) is 3.06. The third-order valence-corrected chi connectivity index (χ3v) is 9.15. The normalized spacial score (nSPS) is 46.2. The Kier molecular flexibility index (Phi) is 4.79. The van der Waals surface area contributed by atoms with Gasteiger partial charge in [-0.05, 0) is 62.9 Å². The van der Waals surface area contributed by atoms with Gasteiger partial charge in [-0.2, -0.15) is 5.10 Å². The third-order valence-electron chi connectivity index (χ3n) is 8.73. The number of fused-ring (bicyclic) bond motifs is 5. The Bertz CT molecular complexity index is 980. The molecule has 0 spiro atoms. The molecule has 6 atom stereocenters. The molecule has 166 valence electrons. The van der Waals surface area contributed by atoms with Gasteiger partial charge < -0.3 is 10.3 Å². The Morgan fingerprint density at radius 1 is 1.23 bits per heavy atom. The van der Waals surface area contributed by atoms with Gasteiger partial charge in [0, 0.05) is 17.3 Å². The van der Waals surface area contributed by atoms with Gasteiger partial charge >= 0.3 is 0 Å². The van der Waals surface area contributed by atoms with Crippen molar-refractivity contribution in [1.29, 1.82) is 0 Å². The number of nitrogens with zero attached hydrogens (tertiary/aromatic N) is 2. The molecule has 3 saturated carbocycles. The van der Waals surface area contributed by atoms with E-state index >= 15 is 0 Å². The molecule has 0 aromatic rings. The molecule has 4 aliphatic rings. The molecular formula is C22H33N3O4S. The topological polar surface area (TPSA) is 111 Å². The molecule has 0 radical (unpaired) electrons. The Morgan fingerprint density at radius 2 is 1.93 bits per heavy atom. The van der Waals surface area contributed by atoms with E-state index in [1.165, 1.54) is 11.1 Å². The smallest absolute Gasteiger partial charge is 0.244 e. The summed E-state index contributed by atoms with van der Waals surface area (Å²) in [4.78, 5) is 2.15. The van der Waals surface area contributed by atoms with Crippen molar-refractivity contribution in [3.05, 3.63) is 23.8 Å². The van der Waals surface area contributed by atoms with Gasteiger partial charge in [-0.3, -0.25) is 0 Å². The highest BCUT2D eigenvalue weighted by atomic mass is 32.2. The number of hydrazone groups is 1. The van der Waals surface area contributed by atoms with Crippen LogP contribution in [0.1, 0.15) is 59.3 Å². The van der Waals surface area contributed by atoms with Crippen molar-refractivity contribution in [2.24, 2.45) is 38.8 Å². The van der Waals surface area contributed by atoms with Crippen molar-refractivity contribution in [3.63, 3.8) is 0 Å². The lowest BCUT2D eigenvalue weighted by atomic mass is 9.45. The van der Waals surface area contributed by atoms with Crippen LogP contribution in [0.2, 0.25) is 0 Å². The minimum Gasteiger partial charge on any atom is -0.411 e. The van der Waals surface area contributed by atoms with Crippen LogP contribution in [-0.2, 0) is 10.0 Å². The largest absolute Gasteiger partial charge is 0.411 e. The highest BCUT2D eigenvalue weighted by molar-refractivity contribution is 7.88. The molecule has 0 aliphatic heterocycles. The minimum absolute atomic E-state index is 0.155. The maximum atomic E-state index is 11.5. The van der Waals surface area contributed by atoms with Gasteiger partial charge in [0.2, 0.25) is 10.0 Å². The van der Waals surface area contributed by atoms with Gasteiger partial charge in [0.25, 0.3) is 0 Å². The quantitative estimate of drug-likeness (QED) is 0.351. The second-order valence-electron chi connectivity index (χ2n) is 10.5. The van der Waals surface area contributed by atoms with E-state index in [1.54, 1.807) is 0 Å². The summed E-state index contributed by atoms with van der Waals surface area (Å²) in [6.45, 7) is 10.9. The first-order chi connectivity index (χ1) is 13.8. The minimum atomic E-state index is -3.50. The monoisotopic (exact) mass is 435 g/mol. The highest BCUT2D eigenvalue weighted by Crippen LogP contribution is 2.68. The molecule has 0 bridgehead atoms. The first-order valence-corrected chi connectivity index (χ1v) is 12.6. The molecule has 4 rings (SSSR count). The second kappa shape index (κ2) is 6.66. The number of oxime groups is 1. The molecule has 0 aromatic heterocycles. The molecule has 4 aliphatic carbocycles. The van der Waals surface area contributed by atoms with Crippen molar-refractivity contribution in [2.75, 3.05) is 6.26 Å². The van der Waals surface area contributed by atoms with Crippen LogP contribution in [0.4, 0.5) is 0 Å². The lowest BCUT2D eigenvalue weighted by molar-refractivity contribution is -0.0948. The van der Waals surface area contributed by atoms with E-state index in [1.807, 2.05) is 13.0 Å². The summed E-state index contributed by atoms with van der Waals surface area (Å²) in [5.74, 6) is 1.11. The number of hydrogen-bond donors (Lipinski definition) is 3. The molecule has 0 aromatic carbocycles. The van der Waals surface area contributed by atoms with Crippen LogP contribution in [0, 0.1) is 28.6 Å². The number of aliphatic hydroxyl groups is 1. The number of sulfonamides is 1. The van der Waals surface area contributed by atoms with Crippen molar-refractivity contribution < 1.29 is 18.7 Å². The Labute approximate surface area is 179 Å². The fourth-order valence-electron chi connectivity index (χ4n) is 7.13. The van der Waals surface area contributed by atoms with Crippen molar-refractivity contribution in [2.45, 2.75) is 64.9 Å². The molecule has 0 saturated heterocycles. The van der Waals surface area contributed by atoms with Gasteiger partial charge in [-0.1, -0.05) is 36.7 Å². The van der Waals surface area contributed by atoms with Gasteiger partial charge in [0.1, 0.15) is 11.4 Å². The maximum absolute atomic E-state index is 11.5. The van der Waals surface area contributed by atoms with Crippen LogP contribution < -0.4 is 4.83 Å². The Hall–Kier alpha value is -1.67. The first kappa shape index (κ1) is 21.6. The average Bonchev–Trinajstić information content (AvgIpc) is 2.87. The van der Waals surface area contributed by atoms with Gasteiger partial charge in [-0.25, -0.2) is 13.2 Å². The molecule has 0 unspecified atom stereocenters. The van der Waals surface area contributed by atoms with Crippen molar-refractivity contribution >= 4 is 21.4 Å². The first-order valence-electron chi connectivity index (χ1n) is 10.7. The highest BCUT2D eigenvalue weighted by Gasteiger charge is 2.63. The van der Waals surface area contributed by atoms with E-state index < -0.39 is 15.6 Å². The van der Waals surface area contributed by atoms with Gasteiger partial charge in [0.15, 0.2) is 0 Å². The zero-order chi connectivity index (χ0) is 22.1. The van der Waals surface area contributed by atoms with Crippen LogP contribution in [0.5, 0.6) is 0 Å². The zero-order valence-corrected chi connectivity index (χ0v) is 19.1. The van der Waals surface area contributed by atoms with Crippen LogP contribution in [0.25, 0.3) is 0 Å². The van der Waals surface area contributed by atoms with Crippen LogP contribution in [-0.4, -0.2) is 42.0 Å². The number of nitrogens with one attached hydrogen (secondary N) is 1.